The largest absolute Gasteiger partial charge is 0.366 e. The van der Waals surface area contributed by atoms with E-state index in [1.165, 1.54) is 18.2 Å². The van der Waals surface area contributed by atoms with E-state index in [1.807, 2.05) is 20.8 Å². The fourth-order valence-electron chi connectivity index (χ4n) is 1.60. The molecule has 7 nitrogen and oxygen atoms in total. The summed E-state index contributed by atoms with van der Waals surface area (Å²) in [5.41, 5.74) is 16.2. The molecule has 1 rings (SSSR count). The van der Waals surface area contributed by atoms with Crippen LogP contribution in [0.3, 0.4) is 0 Å². The zero-order chi connectivity index (χ0) is 16.4. The summed E-state index contributed by atoms with van der Waals surface area (Å²) in [6, 6.07) is 3.24. The number of anilines is 1. The van der Waals surface area contributed by atoms with Gasteiger partial charge in [0.1, 0.15) is 0 Å². The minimum absolute atomic E-state index is 0.0749. The van der Waals surface area contributed by atoms with Crippen molar-refractivity contribution in [3.63, 3.8) is 0 Å². The van der Waals surface area contributed by atoms with Crippen molar-refractivity contribution in [1.82, 2.24) is 0 Å². The van der Waals surface area contributed by atoms with Gasteiger partial charge in [0.25, 0.3) is 0 Å². The van der Waals surface area contributed by atoms with Crippen molar-refractivity contribution in [2.45, 2.75) is 26.8 Å². The van der Waals surface area contributed by atoms with E-state index in [-0.39, 0.29) is 16.8 Å². The van der Waals surface area contributed by atoms with Crippen LogP contribution in [0.1, 0.15) is 41.5 Å². The molecule has 1 aromatic rings. The van der Waals surface area contributed by atoms with E-state index >= 15 is 0 Å². The Balaban J connectivity index is 3.11. The van der Waals surface area contributed by atoms with Crippen molar-refractivity contribution in [2.75, 3.05) is 5.32 Å². The molecule has 0 aliphatic heterocycles. The van der Waals surface area contributed by atoms with Gasteiger partial charge in [-0.05, 0) is 23.6 Å². The molecule has 7 N–H and O–H groups in total. The fourth-order valence-corrected chi connectivity index (χ4v) is 1.60. The summed E-state index contributed by atoms with van der Waals surface area (Å²) < 4.78 is 0. The number of amides is 3. The Kier molecular flexibility index (Phi) is 4.69. The van der Waals surface area contributed by atoms with E-state index in [0.717, 1.165) is 0 Å². The normalized spacial score (nSPS) is 12.6. The standard InChI is InChI=1S/C14H20N4O3/c1-14(2,3)10(15)13(21)18-9-5-7(11(16)19)4-8(6-9)12(17)20/h4-6,10H,15H2,1-3H3,(H2,16,19)(H2,17,20)(H,18,21). The maximum atomic E-state index is 12.1. The Hall–Kier alpha value is -2.41. The lowest BCUT2D eigenvalue weighted by Gasteiger charge is -2.25. The van der Waals surface area contributed by atoms with Gasteiger partial charge in [-0.3, -0.25) is 14.4 Å². The second-order valence-electron chi connectivity index (χ2n) is 5.86. The highest BCUT2D eigenvalue weighted by molar-refractivity contribution is 6.02. The number of nitrogens with two attached hydrogens (primary N) is 3. The first-order valence-corrected chi connectivity index (χ1v) is 6.33. The minimum Gasteiger partial charge on any atom is -0.366 e. The summed E-state index contributed by atoms with van der Waals surface area (Å²) in [4.78, 5) is 34.5. The number of carbonyl (C=O) groups excluding carboxylic acids is 3. The zero-order valence-corrected chi connectivity index (χ0v) is 12.3. The van der Waals surface area contributed by atoms with Crippen LogP contribution in [0.5, 0.6) is 0 Å². The molecule has 21 heavy (non-hydrogen) atoms. The molecule has 7 heteroatoms. The van der Waals surface area contributed by atoms with Crippen molar-refractivity contribution in [3.05, 3.63) is 29.3 Å². The highest BCUT2D eigenvalue weighted by Gasteiger charge is 2.27. The van der Waals surface area contributed by atoms with Crippen LogP contribution in [0.2, 0.25) is 0 Å². The van der Waals surface area contributed by atoms with Gasteiger partial charge in [0.2, 0.25) is 17.7 Å². The molecule has 1 unspecified atom stereocenters. The Labute approximate surface area is 122 Å². The Morgan fingerprint density at radius 2 is 1.43 bits per heavy atom. The monoisotopic (exact) mass is 292 g/mol. The lowest BCUT2D eigenvalue weighted by atomic mass is 9.87. The van der Waals surface area contributed by atoms with Crippen LogP contribution < -0.4 is 22.5 Å². The van der Waals surface area contributed by atoms with Crippen LogP contribution in [0.4, 0.5) is 5.69 Å². The average Bonchev–Trinajstić information content (AvgIpc) is 2.36. The van der Waals surface area contributed by atoms with Crippen LogP contribution in [0.25, 0.3) is 0 Å². The Bertz CT molecular complexity index is 558. The number of nitrogens with one attached hydrogen (secondary N) is 1. The average molecular weight is 292 g/mol. The summed E-state index contributed by atoms with van der Waals surface area (Å²) in [6.45, 7) is 5.48. The molecule has 0 spiro atoms. The molecule has 0 heterocycles. The molecule has 0 bridgehead atoms. The summed E-state index contributed by atoms with van der Waals surface area (Å²) in [5.74, 6) is -1.89. The van der Waals surface area contributed by atoms with Gasteiger partial charge in [-0.1, -0.05) is 20.8 Å². The second kappa shape index (κ2) is 5.92. The number of carbonyl (C=O) groups is 3. The smallest absolute Gasteiger partial charge is 0.248 e. The molecular weight excluding hydrogens is 272 g/mol. The minimum atomic E-state index is -0.758. The lowest BCUT2D eigenvalue weighted by molar-refractivity contribution is -0.119. The van der Waals surface area contributed by atoms with Crippen molar-refractivity contribution in [2.24, 2.45) is 22.6 Å². The van der Waals surface area contributed by atoms with Crippen LogP contribution >= 0.6 is 0 Å². The Morgan fingerprint density at radius 3 is 1.76 bits per heavy atom. The Morgan fingerprint density at radius 1 is 1.00 bits per heavy atom. The number of benzene rings is 1. The third-order valence-electron chi connectivity index (χ3n) is 2.99. The first-order valence-electron chi connectivity index (χ1n) is 6.33. The van der Waals surface area contributed by atoms with Gasteiger partial charge in [0, 0.05) is 16.8 Å². The van der Waals surface area contributed by atoms with Crippen LogP contribution in [-0.2, 0) is 4.79 Å². The SMILES string of the molecule is CC(C)(C)C(N)C(=O)Nc1cc(C(N)=O)cc(C(N)=O)c1. The fraction of sp³-hybridized carbons (Fsp3) is 0.357. The van der Waals surface area contributed by atoms with Crippen LogP contribution in [0.15, 0.2) is 18.2 Å². The number of hydrogen-bond donors (Lipinski definition) is 4. The van der Waals surface area contributed by atoms with Gasteiger partial charge < -0.3 is 22.5 Å². The zero-order valence-electron chi connectivity index (χ0n) is 12.3. The van der Waals surface area contributed by atoms with Crippen LogP contribution in [-0.4, -0.2) is 23.8 Å². The van der Waals surface area contributed by atoms with Crippen molar-refractivity contribution in [3.8, 4) is 0 Å². The van der Waals surface area contributed by atoms with Crippen molar-refractivity contribution in [1.29, 1.82) is 0 Å². The highest BCUT2D eigenvalue weighted by Crippen LogP contribution is 2.20. The van der Waals surface area contributed by atoms with Gasteiger partial charge in [-0.25, -0.2) is 0 Å². The van der Waals surface area contributed by atoms with Gasteiger partial charge in [0.15, 0.2) is 0 Å². The molecule has 0 saturated carbocycles. The quantitative estimate of drug-likeness (QED) is 0.628. The molecular formula is C14H20N4O3. The second-order valence-corrected chi connectivity index (χ2v) is 5.86. The molecule has 114 valence electrons. The molecule has 0 radical (unpaired) electrons. The lowest BCUT2D eigenvalue weighted by Crippen LogP contribution is -2.45. The summed E-state index contributed by atoms with van der Waals surface area (Å²) >= 11 is 0. The molecule has 1 atom stereocenters. The van der Waals surface area contributed by atoms with Crippen LogP contribution in [0, 0.1) is 5.41 Å². The molecule has 0 fully saturated rings. The van der Waals surface area contributed by atoms with Gasteiger partial charge >= 0.3 is 0 Å². The predicted molar refractivity (Wildman–Crippen MR) is 79.5 cm³/mol. The number of rotatable bonds is 4. The maximum absolute atomic E-state index is 12.1. The maximum Gasteiger partial charge on any atom is 0.248 e. The molecule has 3 amide bonds. The van der Waals surface area contributed by atoms with Gasteiger partial charge in [-0.15, -0.1) is 0 Å². The summed E-state index contributed by atoms with van der Waals surface area (Å²) in [6.07, 6.45) is 0. The van der Waals surface area contributed by atoms with E-state index in [0.29, 0.717) is 0 Å². The summed E-state index contributed by atoms with van der Waals surface area (Å²) in [5, 5.41) is 2.56. The predicted octanol–water partition coefficient (Wildman–Crippen LogP) is 0.196. The first-order chi connectivity index (χ1) is 9.52. The van der Waals surface area contributed by atoms with E-state index in [9.17, 15) is 14.4 Å². The van der Waals surface area contributed by atoms with Gasteiger partial charge in [0.05, 0.1) is 6.04 Å². The van der Waals surface area contributed by atoms with E-state index in [2.05, 4.69) is 5.32 Å². The van der Waals surface area contributed by atoms with Gasteiger partial charge in [-0.2, -0.15) is 0 Å². The highest BCUT2D eigenvalue weighted by atomic mass is 16.2. The van der Waals surface area contributed by atoms with E-state index in [1.54, 1.807) is 0 Å². The van der Waals surface area contributed by atoms with Crippen molar-refractivity contribution >= 4 is 23.4 Å². The van der Waals surface area contributed by atoms with Crippen molar-refractivity contribution < 1.29 is 14.4 Å². The molecule has 0 aliphatic carbocycles. The molecule has 0 aliphatic rings. The topological polar surface area (TPSA) is 141 Å². The number of primary amides is 2. The van der Waals surface area contributed by atoms with E-state index in [4.69, 9.17) is 17.2 Å². The third-order valence-corrected chi connectivity index (χ3v) is 2.99. The van der Waals surface area contributed by atoms with E-state index < -0.39 is 29.2 Å². The third kappa shape index (κ3) is 4.28. The molecule has 0 aromatic heterocycles. The molecule has 1 aromatic carbocycles. The summed E-state index contributed by atoms with van der Waals surface area (Å²) in [7, 11) is 0. The molecule has 0 saturated heterocycles. The number of hydrogen-bond acceptors (Lipinski definition) is 4. The first kappa shape index (κ1) is 16.6.